The summed E-state index contributed by atoms with van der Waals surface area (Å²) in [7, 11) is 0. The average Bonchev–Trinajstić information content (AvgIpc) is 2.38. The quantitative estimate of drug-likeness (QED) is 0.598. The lowest BCUT2D eigenvalue weighted by Crippen LogP contribution is -2.44. The Morgan fingerprint density at radius 1 is 1.47 bits per heavy atom. The highest BCUT2D eigenvalue weighted by molar-refractivity contribution is 5.94. The molecule has 1 atom stereocenters. The Bertz CT molecular complexity index is 525. The summed E-state index contributed by atoms with van der Waals surface area (Å²) in [6.45, 7) is 1.49. The van der Waals surface area contributed by atoms with Crippen molar-refractivity contribution >= 4 is 11.9 Å². The topological polar surface area (TPSA) is 122 Å². The summed E-state index contributed by atoms with van der Waals surface area (Å²) >= 11 is 0. The summed E-state index contributed by atoms with van der Waals surface area (Å²) in [5.41, 5.74) is -0.414. The van der Waals surface area contributed by atoms with Crippen LogP contribution >= 0.6 is 0 Å². The number of carboxylic acid groups (broad SMARTS) is 1. The zero-order valence-corrected chi connectivity index (χ0v) is 10.4. The summed E-state index contributed by atoms with van der Waals surface area (Å²) in [5, 5.41) is 23.4. The van der Waals surface area contributed by atoms with E-state index in [1.165, 1.54) is 12.1 Å². The van der Waals surface area contributed by atoms with Crippen LogP contribution in [0.1, 0.15) is 23.8 Å². The van der Waals surface area contributed by atoms with Gasteiger partial charge in [0.05, 0.1) is 6.61 Å². The van der Waals surface area contributed by atoms with Gasteiger partial charge in [0.2, 0.25) is 0 Å². The number of aliphatic carboxylic acids is 1. The highest BCUT2D eigenvalue weighted by Crippen LogP contribution is 1.94. The van der Waals surface area contributed by atoms with Gasteiger partial charge in [-0.2, -0.15) is 5.10 Å². The molecular weight excluding hydrogens is 254 g/mol. The standard InChI is InChI=1S/C11H15N3O5/c1-2-5-14-9(16)4-3-7(13-14)10(17)12-8(6-15)11(18)19/h3-4,8,15H,2,5-6H2,1H3,(H,12,17)(H,18,19)/t8-/m1/s1. The molecule has 0 saturated carbocycles. The van der Waals surface area contributed by atoms with Gasteiger partial charge >= 0.3 is 5.97 Å². The molecule has 0 bridgehead atoms. The predicted octanol–water partition coefficient (Wildman–Crippen LogP) is -1.17. The fourth-order valence-corrected chi connectivity index (χ4v) is 1.36. The number of aryl methyl sites for hydroxylation is 1. The number of hydrogen-bond donors (Lipinski definition) is 3. The molecule has 104 valence electrons. The van der Waals surface area contributed by atoms with E-state index in [1.54, 1.807) is 0 Å². The van der Waals surface area contributed by atoms with Crippen molar-refractivity contribution in [1.29, 1.82) is 0 Å². The summed E-state index contributed by atoms with van der Waals surface area (Å²) in [6, 6.07) is 0.993. The first-order chi connectivity index (χ1) is 8.99. The van der Waals surface area contributed by atoms with Crippen molar-refractivity contribution in [2.75, 3.05) is 6.61 Å². The lowest BCUT2D eigenvalue weighted by atomic mass is 10.3. The van der Waals surface area contributed by atoms with Gasteiger partial charge in [-0.15, -0.1) is 0 Å². The van der Waals surface area contributed by atoms with Gasteiger partial charge in [-0.1, -0.05) is 6.92 Å². The molecule has 1 heterocycles. The van der Waals surface area contributed by atoms with E-state index in [2.05, 4.69) is 10.4 Å². The van der Waals surface area contributed by atoms with E-state index in [0.29, 0.717) is 13.0 Å². The number of hydrogen-bond acceptors (Lipinski definition) is 5. The van der Waals surface area contributed by atoms with Crippen LogP contribution in [-0.4, -0.2) is 44.5 Å². The number of aliphatic hydroxyl groups excluding tert-OH is 1. The van der Waals surface area contributed by atoms with Crippen LogP contribution in [0, 0.1) is 0 Å². The van der Waals surface area contributed by atoms with Crippen LogP contribution in [0.25, 0.3) is 0 Å². The maximum Gasteiger partial charge on any atom is 0.328 e. The van der Waals surface area contributed by atoms with Crippen molar-refractivity contribution in [1.82, 2.24) is 15.1 Å². The maximum atomic E-state index is 11.7. The van der Waals surface area contributed by atoms with Crippen molar-refractivity contribution in [2.24, 2.45) is 0 Å². The minimum absolute atomic E-state index is 0.0762. The fraction of sp³-hybridized carbons (Fsp3) is 0.455. The van der Waals surface area contributed by atoms with Gasteiger partial charge in [0, 0.05) is 12.6 Å². The molecule has 0 radical (unpaired) electrons. The van der Waals surface area contributed by atoms with E-state index < -0.39 is 24.5 Å². The molecule has 0 aliphatic carbocycles. The summed E-state index contributed by atoms with van der Waals surface area (Å²) in [5.74, 6) is -2.11. The van der Waals surface area contributed by atoms with Gasteiger partial charge in [0.25, 0.3) is 11.5 Å². The number of rotatable bonds is 6. The Labute approximate surface area is 108 Å². The first-order valence-corrected chi connectivity index (χ1v) is 5.72. The van der Waals surface area contributed by atoms with Crippen LogP contribution in [0.3, 0.4) is 0 Å². The minimum atomic E-state index is -1.40. The van der Waals surface area contributed by atoms with Crippen molar-refractivity contribution < 1.29 is 19.8 Å². The van der Waals surface area contributed by atoms with Gasteiger partial charge in [-0.3, -0.25) is 9.59 Å². The van der Waals surface area contributed by atoms with Crippen molar-refractivity contribution in [3.8, 4) is 0 Å². The lowest BCUT2D eigenvalue weighted by molar-refractivity contribution is -0.140. The van der Waals surface area contributed by atoms with Gasteiger partial charge in [0.15, 0.2) is 6.04 Å². The lowest BCUT2D eigenvalue weighted by Gasteiger charge is -2.11. The first kappa shape index (κ1) is 14.8. The zero-order chi connectivity index (χ0) is 14.4. The molecule has 1 aromatic heterocycles. The Morgan fingerprint density at radius 2 is 2.16 bits per heavy atom. The number of carbonyl (C=O) groups excluding carboxylic acids is 1. The second kappa shape index (κ2) is 6.64. The van der Waals surface area contributed by atoms with Gasteiger partial charge < -0.3 is 15.5 Å². The number of aromatic nitrogens is 2. The van der Waals surface area contributed by atoms with Gasteiger partial charge in [0.1, 0.15) is 5.69 Å². The van der Waals surface area contributed by atoms with Gasteiger partial charge in [-0.05, 0) is 12.5 Å². The second-order valence-corrected chi connectivity index (χ2v) is 3.83. The fourth-order valence-electron chi connectivity index (χ4n) is 1.36. The molecule has 1 aromatic rings. The molecule has 0 fully saturated rings. The van der Waals surface area contributed by atoms with E-state index in [0.717, 1.165) is 4.68 Å². The Hall–Kier alpha value is -2.22. The first-order valence-electron chi connectivity index (χ1n) is 5.72. The highest BCUT2D eigenvalue weighted by Gasteiger charge is 2.20. The largest absolute Gasteiger partial charge is 0.480 e. The zero-order valence-electron chi connectivity index (χ0n) is 10.4. The molecule has 0 aromatic carbocycles. The normalized spacial score (nSPS) is 11.9. The number of nitrogens with one attached hydrogen (secondary N) is 1. The smallest absolute Gasteiger partial charge is 0.328 e. The third kappa shape index (κ3) is 3.88. The molecule has 8 heteroatoms. The number of aliphatic hydroxyl groups is 1. The van der Waals surface area contributed by atoms with Crippen molar-refractivity contribution in [3.05, 3.63) is 28.2 Å². The molecule has 0 spiro atoms. The molecule has 0 saturated heterocycles. The number of carboxylic acids is 1. The van der Waals surface area contributed by atoms with Crippen molar-refractivity contribution in [2.45, 2.75) is 25.9 Å². The number of nitrogens with zero attached hydrogens (tertiary/aromatic N) is 2. The van der Waals surface area contributed by atoms with Crippen LogP contribution in [0.2, 0.25) is 0 Å². The van der Waals surface area contributed by atoms with E-state index >= 15 is 0 Å². The van der Waals surface area contributed by atoms with Crippen LogP contribution in [0.5, 0.6) is 0 Å². The third-order valence-corrected chi connectivity index (χ3v) is 2.32. The van der Waals surface area contributed by atoms with Crippen molar-refractivity contribution in [3.63, 3.8) is 0 Å². The molecule has 8 nitrogen and oxygen atoms in total. The predicted molar refractivity (Wildman–Crippen MR) is 64.8 cm³/mol. The summed E-state index contributed by atoms with van der Waals surface area (Å²) < 4.78 is 1.13. The molecule has 1 amide bonds. The van der Waals surface area contributed by atoms with E-state index in [4.69, 9.17) is 10.2 Å². The molecule has 1 rings (SSSR count). The minimum Gasteiger partial charge on any atom is -0.480 e. The molecule has 3 N–H and O–H groups in total. The van der Waals surface area contributed by atoms with E-state index in [1.807, 2.05) is 6.92 Å². The van der Waals surface area contributed by atoms with Crippen LogP contribution < -0.4 is 10.9 Å². The number of carbonyl (C=O) groups is 2. The highest BCUT2D eigenvalue weighted by atomic mass is 16.4. The Morgan fingerprint density at radius 3 is 2.68 bits per heavy atom. The summed E-state index contributed by atoms with van der Waals surface area (Å²) in [6.07, 6.45) is 0.673. The van der Waals surface area contributed by atoms with Crippen LogP contribution in [-0.2, 0) is 11.3 Å². The molecule has 0 unspecified atom stereocenters. The van der Waals surface area contributed by atoms with E-state index in [-0.39, 0.29) is 11.3 Å². The monoisotopic (exact) mass is 269 g/mol. The molecular formula is C11H15N3O5. The van der Waals surface area contributed by atoms with Gasteiger partial charge in [-0.25, -0.2) is 9.48 Å². The maximum absolute atomic E-state index is 11.7. The molecule has 0 aliphatic heterocycles. The Kier molecular flexibility index (Phi) is 5.19. The van der Waals surface area contributed by atoms with Crippen LogP contribution in [0.15, 0.2) is 16.9 Å². The number of amides is 1. The van der Waals surface area contributed by atoms with E-state index in [9.17, 15) is 14.4 Å². The second-order valence-electron chi connectivity index (χ2n) is 3.83. The average molecular weight is 269 g/mol. The Balaban J connectivity index is 2.91. The summed E-state index contributed by atoms with van der Waals surface area (Å²) in [4.78, 5) is 33.8. The van der Waals surface area contributed by atoms with Crippen LogP contribution in [0.4, 0.5) is 0 Å². The molecule has 0 aliphatic rings. The molecule has 19 heavy (non-hydrogen) atoms. The third-order valence-electron chi connectivity index (χ3n) is 2.32. The SMILES string of the molecule is CCCn1nc(C(=O)N[C@H](CO)C(=O)O)ccc1=O.